The number of hydrogen-bond acceptors (Lipinski definition) is 2. The van der Waals surface area contributed by atoms with Gasteiger partial charge in [0, 0.05) is 31.6 Å². The van der Waals surface area contributed by atoms with Crippen molar-refractivity contribution in [3.05, 3.63) is 35.4 Å². The average molecular weight is 302 g/mol. The van der Waals surface area contributed by atoms with Crippen LogP contribution < -0.4 is 5.32 Å². The Labute approximate surface area is 132 Å². The summed E-state index contributed by atoms with van der Waals surface area (Å²) in [5.41, 5.74) is 1.71. The summed E-state index contributed by atoms with van der Waals surface area (Å²) in [5, 5.41) is 2.97. The van der Waals surface area contributed by atoms with Gasteiger partial charge in [-0.2, -0.15) is 0 Å². The Morgan fingerprint density at radius 2 is 1.77 bits per heavy atom. The summed E-state index contributed by atoms with van der Waals surface area (Å²) in [6, 6.07) is 7.86. The molecule has 1 fully saturated rings. The molecule has 2 amide bonds. The fourth-order valence-electron chi connectivity index (χ4n) is 2.21. The lowest BCUT2D eigenvalue weighted by Gasteiger charge is -2.23. The Morgan fingerprint density at radius 3 is 2.27 bits per heavy atom. The van der Waals surface area contributed by atoms with E-state index in [2.05, 4.69) is 26.1 Å². The van der Waals surface area contributed by atoms with Gasteiger partial charge in [0.2, 0.25) is 5.91 Å². The van der Waals surface area contributed by atoms with Crippen LogP contribution in [0.25, 0.3) is 0 Å². The molecule has 0 heterocycles. The van der Waals surface area contributed by atoms with Crippen molar-refractivity contribution < 1.29 is 9.59 Å². The Balaban J connectivity index is 1.89. The van der Waals surface area contributed by atoms with Crippen molar-refractivity contribution >= 4 is 11.8 Å². The second-order valence-corrected chi connectivity index (χ2v) is 7.43. The van der Waals surface area contributed by atoms with Crippen molar-refractivity contribution in [3.8, 4) is 0 Å². The highest BCUT2D eigenvalue weighted by atomic mass is 16.2. The van der Waals surface area contributed by atoms with Crippen LogP contribution in [-0.2, 0) is 11.3 Å². The number of carbonyl (C=O) groups excluding carboxylic acids is 2. The number of nitrogens with zero attached hydrogens (tertiary/aromatic N) is 1. The summed E-state index contributed by atoms with van der Waals surface area (Å²) in [7, 11) is 1.82. The summed E-state index contributed by atoms with van der Waals surface area (Å²) in [5.74, 6) is 0.134. The van der Waals surface area contributed by atoms with E-state index in [1.54, 1.807) is 4.90 Å². The molecule has 0 unspecified atom stereocenters. The minimum absolute atomic E-state index is 0.00387. The van der Waals surface area contributed by atoms with Crippen LogP contribution in [0.4, 0.5) is 0 Å². The van der Waals surface area contributed by atoms with Gasteiger partial charge in [0.05, 0.1) is 0 Å². The maximum absolute atomic E-state index is 12.1. The van der Waals surface area contributed by atoms with Crippen molar-refractivity contribution in [3.63, 3.8) is 0 Å². The fraction of sp³-hybridized carbons (Fsp3) is 0.556. The number of nitrogens with one attached hydrogen (secondary N) is 1. The zero-order chi connectivity index (χ0) is 16.3. The predicted molar refractivity (Wildman–Crippen MR) is 87.5 cm³/mol. The van der Waals surface area contributed by atoms with Crippen molar-refractivity contribution in [2.45, 2.75) is 52.6 Å². The van der Waals surface area contributed by atoms with E-state index >= 15 is 0 Å². The Bertz CT molecular complexity index is 539. The van der Waals surface area contributed by atoms with Crippen molar-refractivity contribution in [1.82, 2.24) is 10.2 Å². The summed E-state index contributed by atoms with van der Waals surface area (Å²) >= 11 is 0. The Hall–Kier alpha value is -1.84. The smallest absolute Gasteiger partial charge is 0.251 e. The van der Waals surface area contributed by atoms with Gasteiger partial charge in [-0.05, 0) is 36.0 Å². The molecule has 120 valence electrons. The van der Waals surface area contributed by atoms with E-state index in [0.29, 0.717) is 24.6 Å². The molecule has 1 aliphatic carbocycles. The molecular formula is C18H26N2O2. The molecule has 1 aromatic carbocycles. The molecule has 4 heteroatoms. The van der Waals surface area contributed by atoms with Gasteiger partial charge < -0.3 is 10.2 Å². The normalized spacial score (nSPS) is 14.5. The van der Waals surface area contributed by atoms with E-state index in [0.717, 1.165) is 18.4 Å². The first-order valence-electron chi connectivity index (χ1n) is 7.88. The van der Waals surface area contributed by atoms with Crippen molar-refractivity contribution in [1.29, 1.82) is 0 Å². The highest BCUT2D eigenvalue weighted by Crippen LogP contribution is 2.21. The van der Waals surface area contributed by atoms with Gasteiger partial charge in [0.25, 0.3) is 5.91 Å². The van der Waals surface area contributed by atoms with E-state index in [1.807, 2.05) is 31.3 Å². The third-order valence-corrected chi connectivity index (χ3v) is 3.66. The Kier molecular flexibility index (Phi) is 4.89. The molecule has 0 aromatic heterocycles. The lowest BCUT2D eigenvalue weighted by Crippen LogP contribution is -2.29. The zero-order valence-electron chi connectivity index (χ0n) is 14.0. The molecule has 0 saturated heterocycles. The summed E-state index contributed by atoms with van der Waals surface area (Å²) < 4.78 is 0. The van der Waals surface area contributed by atoms with Gasteiger partial charge in [0.1, 0.15) is 0 Å². The minimum atomic E-state index is -0.00814. The molecule has 1 aliphatic rings. The molecule has 22 heavy (non-hydrogen) atoms. The topological polar surface area (TPSA) is 49.4 Å². The largest absolute Gasteiger partial charge is 0.349 e. The van der Waals surface area contributed by atoms with Gasteiger partial charge in [-0.15, -0.1) is 0 Å². The van der Waals surface area contributed by atoms with Gasteiger partial charge in [-0.3, -0.25) is 9.59 Å². The lowest BCUT2D eigenvalue weighted by molar-refractivity contribution is -0.132. The zero-order valence-corrected chi connectivity index (χ0v) is 14.0. The minimum Gasteiger partial charge on any atom is -0.349 e. The first-order chi connectivity index (χ1) is 10.2. The molecule has 0 bridgehead atoms. The number of rotatable bonds is 5. The summed E-state index contributed by atoms with van der Waals surface area (Å²) in [6.45, 7) is 6.75. The van der Waals surface area contributed by atoms with E-state index < -0.39 is 0 Å². The van der Waals surface area contributed by atoms with Gasteiger partial charge in [-0.1, -0.05) is 32.9 Å². The fourth-order valence-corrected chi connectivity index (χ4v) is 2.21. The SMILES string of the molecule is CN(Cc1ccc(C(=O)NC2CC2)cc1)C(=O)CC(C)(C)C. The average Bonchev–Trinajstić information content (AvgIpc) is 3.21. The first-order valence-corrected chi connectivity index (χ1v) is 7.88. The van der Waals surface area contributed by atoms with Crippen LogP contribution in [0.2, 0.25) is 0 Å². The second-order valence-electron chi connectivity index (χ2n) is 7.43. The van der Waals surface area contributed by atoms with E-state index in [9.17, 15) is 9.59 Å². The molecular weight excluding hydrogens is 276 g/mol. The third-order valence-electron chi connectivity index (χ3n) is 3.66. The van der Waals surface area contributed by atoms with Crippen LogP contribution in [0.5, 0.6) is 0 Å². The van der Waals surface area contributed by atoms with Crippen LogP contribution in [0.3, 0.4) is 0 Å². The van der Waals surface area contributed by atoms with Crippen LogP contribution in [0.1, 0.15) is 56.0 Å². The molecule has 0 spiro atoms. The third kappa shape index (κ3) is 5.17. The van der Waals surface area contributed by atoms with Crippen molar-refractivity contribution in [2.24, 2.45) is 5.41 Å². The standard InChI is InChI=1S/C18H26N2O2/c1-18(2,3)11-16(21)20(4)12-13-5-7-14(8-6-13)17(22)19-15-9-10-15/h5-8,15H,9-12H2,1-4H3,(H,19,22). The Morgan fingerprint density at radius 1 is 1.18 bits per heavy atom. The first kappa shape index (κ1) is 16.5. The molecule has 1 aromatic rings. The maximum atomic E-state index is 12.1. The molecule has 4 nitrogen and oxygen atoms in total. The van der Waals surface area contributed by atoms with Crippen LogP contribution in [0.15, 0.2) is 24.3 Å². The van der Waals surface area contributed by atoms with E-state index in [-0.39, 0.29) is 17.2 Å². The van der Waals surface area contributed by atoms with Crippen LogP contribution in [0, 0.1) is 5.41 Å². The highest BCUT2D eigenvalue weighted by Gasteiger charge is 2.23. The number of benzene rings is 1. The van der Waals surface area contributed by atoms with Gasteiger partial charge in [0.15, 0.2) is 0 Å². The monoisotopic (exact) mass is 302 g/mol. The van der Waals surface area contributed by atoms with Gasteiger partial charge in [-0.25, -0.2) is 0 Å². The van der Waals surface area contributed by atoms with Crippen LogP contribution in [-0.4, -0.2) is 29.8 Å². The van der Waals surface area contributed by atoms with E-state index in [4.69, 9.17) is 0 Å². The van der Waals surface area contributed by atoms with E-state index in [1.165, 1.54) is 0 Å². The second kappa shape index (κ2) is 6.51. The maximum Gasteiger partial charge on any atom is 0.251 e. The molecule has 0 atom stereocenters. The molecule has 0 aliphatic heterocycles. The van der Waals surface area contributed by atoms with Crippen molar-refractivity contribution in [2.75, 3.05) is 7.05 Å². The number of hydrogen-bond donors (Lipinski definition) is 1. The highest BCUT2D eigenvalue weighted by molar-refractivity contribution is 5.94. The molecule has 0 radical (unpaired) electrons. The quantitative estimate of drug-likeness (QED) is 0.909. The summed E-state index contributed by atoms with van der Waals surface area (Å²) in [6.07, 6.45) is 2.71. The molecule has 2 rings (SSSR count). The number of amides is 2. The molecule has 1 saturated carbocycles. The summed E-state index contributed by atoms with van der Waals surface area (Å²) in [4.78, 5) is 25.8. The number of carbonyl (C=O) groups is 2. The molecule has 1 N–H and O–H groups in total. The van der Waals surface area contributed by atoms with Gasteiger partial charge >= 0.3 is 0 Å². The van der Waals surface area contributed by atoms with Crippen LogP contribution >= 0.6 is 0 Å². The predicted octanol–water partition coefficient (Wildman–Crippen LogP) is 2.97. The lowest BCUT2D eigenvalue weighted by atomic mass is 9.91.